The molecule has 2 N–H and O–H groups in total. The molecule has 5 nitrogen and oxygen atoms in total. The molecule has 0 saturated carbocycles. The van der Waals surface area contributed by atoms with Crippen molar-refractivity contribution in [3.05, 3.63) is 26.6 Å². The highest BCUT2D eigenvalue weighted by atomic mass is 79.9. The second-order valence-corrected chi connectivity index (χ2v) is 6.41. The van der Waals surface area contributed by atoms with Gasteiger partial charge in [0.15, 0.2) is 0 Å². The molecule has 0 bridgehead atoms. The van der Waals surface area contributed by atoms with Crippen molar-refractivity contribution >= 4 is 43.7 Å². The number of carbonyl (C=O) groups excluding carboxylic acids is 2. The van der Waals surface area contributed by atoms with Gasteiger partial charge in [-0.05, 0) is 62.9 Å². The summed E-state index contributed by atoms with van der Waals surface area (Å²) >= 11 is 6.96. The summed E-state index contributed by atoms with van der Waals surface area (Å²) in [7, 11) is 0. The number of rotatable bonds is 5. The summed E-state index contributed by atoms with van der Waals surface area (Å²) in [5.74, 6) is 0.308. The molecular weight excluding hydrogens is 404 g/mol. The van der Waals surface area contributed by atoms with E-state index in [0.717, 1.165) is 20.3 Å². The maximum absolute atomic E-state index is 11.7. The zero-order valence-corrected chi connectivity index (χ0v) is 14.7. The van der Waals surface area contributed by atoms with Crippen LogP contribution in [0.3, 0.4) is 0 Å². The molecular formula is C14H16Br2N2O3. The van der Waals surface area contributed by atoms with Crippen molar-refractivity contribution in [2.45, 2.75) is 32.4 Å². The summed E-state index contributed by atoms with van der Waals surface area (Å²) in [5, 5.41) is 5.50. The lowest BCUT2D eigenvalue weighted by Crippen LogP contribution is -2.50. The van der Waals surface area contributed by atoms with Crippen LogP contribution >= 0.6 is 31.9 Å². The molecule has 114 valence electrons. The largest absolute Gasteiger partial charge is 0.492 e. The van der Waals surface area contributed by atoms with E-state index in [0.29, 0.717) is 26.0 Å². The van der Waals surface area contributed by atoms with E-state index in [-0.39, 0.29) is 17.9 Å². The first-order valence-corrected chi connectivity index (χ1v) is 8.27. The van der Waals surface area contributed by atoms with Crippen LogP contribution in [0.5, 0.6) is 5.75 Å². The van der Waals surface area contributed by atoms with Crippen LogP contribution in [0.4, 0.5) is 0 Å². The Labute approximate surface area is 140 Å². The number of imide groups is 1. The van der Waals surface area contributed by atoms with Gasteiger partial charge in [-0.1, -0.05) is 0 Å². The van der Waals surface area contributed by atoms with Gasteiger partial charge < -0.3 is 10.1 Å². The average Bonchev–Trinajstić information content (AvgIpc) is 2.42. The summed E-state index contributed by atoms with van der Waals surface area (Å²) in [4.78, 5) is 22.8. The predicted octanol–water partition coefficient (Wildman–Crippen LogP) is 2.51. The number of ether oxygens (including phenoxy) is 1. The van der Waals surface area contributed by atoms with Crippen LogP contribution in [0.1, 0.15) is 25.3 Å². The normalized spacial score (nSPS) is 18.5. The van der Waals surface area contributed by atoms with Gasteiger partial charge in [0.05, 0.1) is 21.6 Å². The Morgan fingerprint density at radius 3 is 2.57 bits per heavy atom. The lowest BCUT2D eigenvalue weighted by molar-refractivity contribution is -0.134. The maximum atomic E-state index is 11.7. The monoisotopic (exact) mass is 418 g/mol. The maximum Gasteiger partial charge on any atom is 0.243 e. The number of halogens is 2. The molecule has 2 rings (SSSR count). The standard InChI is InChI=1S/C14H16Br2N2O3/c1-2-21-13-9(15)5-8(6-10(13)16)7-17-11-3-4-12(19)18-14(11)20/h5-6,11,17H,2-4,7H2,1H3,(H,18,19,20). The Morgan fingerprint density at radius 1 is 1.33 bits per heavy atom. The van der Waals surface area contributed by atoms with Crippen molar-refractivity contribution < 1.29 is 14.3 Å². The highest BCUT2D eigenvalue weighted by molar-refractivity contribution is 9.11. The van der Waals surface area contributed by atoms with E-state index in [2.05, 4.69) is 42.5 Å². The summed E-state index contributed by atoms with van der Waals surface area (Å²) in [6, 6.07) is 3.58. The minimum Gasteiger partial charge on any atom is -0.492 e. The van der Waals surface area contributed by atoms with Crippen LogP contribution in [0.25, 0.3) is 0 Å². The van der Waals surface area contributed by atoms with Gasteiger partial charge in [0.1, 0.15) is 5.75 Å². The molecule has 1 aliphatic heterocycles. The van der Waals surface area contributed by atoms with Gasteiger partial charge in [-0.3, -0.25) is 14.9 Å². The average molecular weight is 420 g/mol. The molecule has 2 amide bonds. The second-order valence-electron chi connectivity index (χ2n) is 4.71. The minimum absolute atomic E-state index is 0.204. The smallest absolute Gasteiger partial charge is 0.243 e. The Hall–Kier alpha value is -0.920. The molecule has 1 aromatic carbocycles. The molecule has 1 saturated heterocycles. The summed E-state index contributed by atoms with van der Waals surface area (Å²) < 4.78 is 7.25. The molecule has 1 fully saturated rings. The first-order chi connectivity index (χ1) is 10.0. The first-order valence-electron chi connectivity index (χ1n) is 6.69. The third-order valence-corrected chi connectivity index (χ3v) is 4.32. The van der Waals surface area contributed by atoms with Crippen LogP contribution in [0, 0.1) is 0 Å². The van der Waals surface area contributed by atoms with Gasteiger partial charge in [0.2, 0.25) is 11.8 Å². The molecule has 1 unspecified atom stereocenters. The molecule has 0 aliphatic carbocycles. The Morgan fingerprint density at radius 2 is 2.00 bits per heavy atom. The molecule has 21 heavy (non-hydrogen) atoms. The van der Waals surface area contributed by atoms with Gasteiger partial charge in [0.25, 0.3) is 0 Å². The van der Waals surface area contributed by atoms with Gasteiger partial charge in [-0.25, -0.2) is 0 Å². The molecule has 0 aromatic heterocycles. The zero-order valence-electron chi connectivity index (χ0n) is 11.5. The van der Waals surface area contributed by atoms with E-state index >= 15 is 0 Å². The lowest BCUT2D eigenvalue weighted by atomic mass is 10.1. The number of hydrogen-bond donors (Lipinski definition) is 2. The number of nitrogens with one attached hydrogen (secondary N) is 2. The molecule has 0 radical (unpaired) electrons. The molecule has 1 aliphatic rings. The highest BCUT2D eigenvalue weighted by Crippen LogP contribution is 2.34. The Bertz CT molecular complexity index is 540. The van der Waals surface area contributed by atoms with Gasteiger partial charge in [0, 0.05) is 13.0 Å². The van der Waals surface area contributed by atoms with Gasteiger partial charge in [-0.2, -0.15) is 0 Å². The van der Waals surface area contributed by atoms with Crippen molar-refractivity contribution in [1.82, 2.24) is 10.6 Å². The molecule has 1 atom stereocenters. The van der Waals surface area contributed by atoms with E-state index in [1.807, 2.05) is 19.1 Å². The molecule has 1 heterocycles. The second kappa shape index (κ2) is 7.38. The quantitative estimate of drug-likeness (QED) is 0.719. The summed E-state index contributed by atoms with van der Waals surface area (Å²) in [6.07, 6.45) is 0.907. The molecule has 0 spiro atoms. The molecule has 7 heteroatoms. The fourth-order valence-electron chi connectivity index (χ4n) is 2.13. The number of carbonyl (C=O) groups is 2. The minimum atomic E-state index is -0.327. The van der Waals surface area contributed by atoms with E-state index < -0.39 is 0 Å². The zero-order chi connectivity index (χ0) is 15.4. The van der Waals surface area contributed by atoms with Crippen LogP contribution in [0.15, 0.2) is 21.1 Å². The highest BCUT2D eigenvalue weighted by Gasteiger charge is 2.25. The fourth-order valence-corrected chi connectivity index (χ4v) is 3.64. The number of amides is 2. The van der Waals surface area contributed by atoms with Crippen LogP contribution in [0.2, 0.25) is 0 Å². The fraction of sp³-hybridized carbons (Fsp3) is 0.429. The van der Waals surface area contributed by atoms with Crippen LogP contribution in [-0.2, 0) is 16.1 Å². The van der Waals surface area contributed by atoms with Crippen molar-refractivity contribution in [1.29, 1.82) is 0 Å². The summed E-state index contributed by atoms with van der Waals surface area (Å²) in [6.45, 7) is 3.05. The summed E-state index contributed by atoms with van der Waals surface area (Å²) in [5.41, 5.74) is 1.02. The molecule has 1 aromatic rings. The van der Waals surface area contributed by atoms with Crippen molar-refractivity contribution in [3.8, 4) is 5.75 Å². The lowest BCUT2D eigenvalue weighted by Gasteiger charge is -2.22. The van der Waals surface area contributed by atoms with Crippen molar-refractivity contribution in [2.75, 3.05) is 6.61 Å². The van der Waals surface area contributed by atoms with Crippen LogP contribution in [-0.4, -0.2) is 24.5 Å². The van der Waals surface area contributed by atoms with Crippen molar-refractivity contribution in [2.24, 2.45) is 0 Å². The van der Waals surface area contributed by atoms with E-state index in [9.17, 15) is 9.59 Å². The topological polar surface area (TPSA) is 67.4 Å². The SMILES string of the molecule is CCOc1c(Br)cc(CNC2CCC(=O)NC2=O)cc1Br. The van der Waals surface area contributed by atoms with Crippen molar-refractivity contribution in [3.63, 3.8) is 0 Å². The first kappa shape index (κ1) is 16.5. The van der Waals surface area contributed by atoms with E-state index in [1.165, 1.54) is 0 Å². The third kappa shape index (κ3) is 4.28. The Kier molecular flexibility index (Phi) is 5.78. The van der Waals surface area contributed by atoms with Gasteiger partial charge >= 0.3 is 0 Å². The predicted molar refractivity (Wildman–Crippen MR) is 86.0 cm³/mol. The number of piperidine rings is 1. The van der Waals surface area contributed by atoms with Crippen LogP contribution < -0.4 is 15.4 Å². The number of hydrogen-bond acceptors (Lipinski definition) is 4. The number of benzene rings is 1. The van der Waals surface area contributed by atoms with E-state index in [1.54, 1.807) is 0 Å². The Balaban J connectivity index is 2.00. The van der Waals surface area contributed by atoms with E-state index in [4.69, 9.17) is 4.74 Å². The van der Waals surface area contributed by atoms with Gasteiger partial charge in [-0.15, -0.1) is 0 Å². The third-order valence-electron chi connectivity index (χ3n) is 3.14.